The molecule has 1 unspecified atom stereocenters. The minimum absolute atomic E-state index is 0.0537. The highest BCUT2D eigenvalue weighted by atomic mass is 32.2. The van der Waals surface area contributed by atoms with Gasteiger partial charge in [0, 0.05) is 22.5 Å². The lowest BCUT2D eigenvalue weighted by Crippen LogP contribution is -2.31. The molecule has 38 heavy (non-hydrogen) atoms. The summed E-state index contributed by atoms with van der Waals surface area (Å²) in [6.07, 6.45) is 0. The molecule has 8 heteroatoms. The smallest absolute Gasteiger partial charge is 0.254 e. The van der Waals surface area contributed by atoms with Crippen molar-refractivity contribution >= 4 is 29.1 Å². The summed E-state index contributed by atoms with van der Waals surface area (Å²) in [6, 6.07) is 23.4. The molecule has 0 saturated carbocycles. The van der Waals surface area contributed by atoms with Crippen molar-refractivity contribution in [3.05, 3.63) is 111 Å². The van der Waals surface area contributed by atoms with Crippen LogP contribution in [-0.4, -0.2) is 29.7 Å². The lowest BCUT2D eigenvalue weighted by Gasteiger charge is -2.30. The minimum atomic E-state index is -0.753. The fourth-order valence-corrected chi connectivity index (χ4v) is 5.20. The van der Waals surface area contributed by atoms with E-state index in [0.29, 0.717) is 38.7 Å². The van der Waals surface area contributed by atoms with Gasteiger partial charge < -0.3 is 20.5 Å². The maximum Gasteiger partial charge on any atom is 0.254 e. The van der Waals surface area contributed by atoms with Crippen molar-refractivity contribution in [2.24, 2.45) is 0 Å². The first-order chi connectivity index (χ1) is 18.3. The van der Waals surface area contributed by atoms with Gasteiger partial charge in [-0.05, 0) is 43.7 Å². The van der Waals surface area contributed by atoms with Crippen LogP contribution in [0, 0.1) is 18.3 Å². The summed E-state index contributed by atoms with van der Waals surface area (Å²) in [5.41, 5.74) is 4.07. The number of methoxy groups -OCH3 is 1. The highest BCUT2D eigenvalue weighted by Crippen LogP contribution is 2.43. The van der Waals surface area contributed by atoms with Crippen molar-refractivity contribution in [3.8, 4) is 17.6 Å². The molecular weight excluding hydrogens is 498 g/mol. The van der Waals surface area contributed by atoms with Gasteiger partial charge in [-0.1, -0.05) is 65.9 Å². The lowest BCUT2D eigenvalue weighted by molar-refractivity contribution is -0.113. The van der Waals surface area contributed by atoms with Crippen LogP contribution >= 0.6 is 11.8 Å². The van der Waals surface area contributed by atoms with E-state index >= 15 is 0 Å². The van der Waals surface area contributed by atoms with E-state index in [1.807, 2.05) is 37.3 Å². The Hall–Kier alpha value is -4.48. The maximum absolute atomic E-state index is 13.5. The Kier molecular flexibility index (Phi) is 8.19. The summed E-state index contributed by atoms with van der Waals surface area (Å²) in [5, 5.41) is 27.0. The second kappa shape index (κ2) is 11.7. The van der Waals surface area contributed by atoms with E-state index in [9.17, 15) is 20.0 Å². The van der Waals surface area contributed by atoms with E-state index in [1.165, 1.54) is 24.9 Å². The maximum atomic E-state index is 13.5. The third-order valence-corrected chi connectivity index (χ3v) is 7.20. The standard InChI is InChI=1S/C30H27N3O4S/c1-18-9-11-20(12-10-18)25(35)17-38-30-23(16-31)28(21-13-14-24(34)26(15-21)37-3)27(19(2)32-30)29(36)33-22-7-5-4-6-8-22/h4-15,28,32,34H,17H2,1-3H3,(H,33,36). The first-order valence-electron chi connectivity index (χ1n) is 11.9. The van der Waals surface area contributed by atoms with Crippen molar-refractivity contribution in [2.45, 2.75) is 19.8 Å². The van der Waals surface area contributed by atoms with Crippen LogP contribution in [0.4, 0.5) is 5.69 Å². The number of amides is 1. The molecule has 4 rings (SSSR count). The molecule has 3 aromatic carbocycles. The summed E-state index contributed by atoms with van der Waals surface area (Å²) in [4.78, 5) is 26.4. The number of thioether (sulfide) groups is 1. The van der Waals surface area contributed by atoms with Gasteiger partial charge >= 0.3 is 0 Å². The second-order valence-corrected chi connectivity index (χ2v) is 9.77. The van der Waals surface area contributed by atoms with Gasteiger partial charge in [-0.3, -0.25) is 9.59 Å². The minimum Gasteiger partial charge on any atom is -0.504 e. The highest BCUT2D eigenvalue weighted by Gasteiger charge is 2.35. The molecule has 0 saturated heterocycles. The number of allylic oxidation sites excluding steroid dienone is 2. The van der Waals surface area contributed by atoms with Crippen LogP contribution < -0.4 is 15.4 Å². The third kappa shape index (κ3) is 5.74. The number of aryl methyl sites for hydroxylation is 1. The van der Waals surface area contributed by atoms with Gasteiger partial charge in [0.25, 0.3) is 5.91 Å². The Bertz CT molecular complexity index is 1470. The quantitative estimate of drug-likeness (QED) is 0.325. The van der Waals surface area contributed by atoms with E-state index in [0.717, 1.165) is 5.56 Å². The Balaban J connectivity index is 1.72. The molecule has 192 valence electrons. The molecule has 0 radical (unpaired) electrons. The molecule has 1 atom stereocenters. The number of hydrogen-bond acceptors (Lipinski definition) is 7. The monoisotopic (exact) mass is 525 g/mol. The molecule has 3 aromatic rings. The van der Waals surface area contributed by atoms with Crippen LogP contribution in [0.1, 0.15) is 34.3 Å². The summed E-state index contributed by atoms with van der Waals surface area (Å²) >= 11 is 1.22. The molecule has 0 fully saturated rings. The largest absolute Gasteiger partial charge is 0.504 e. The average Bonchev–Trinajstić information content (AvgIpc) is 2.92. The normalized spacial score (nSPS) is 14.9. The number of carbonyl (C=O) groups is 2. The van der Waals surface area contributed by atoms with Crippen molar-refractivity contribution in [1.29, 1.82) is 5.26 Å². The molecular formula is C30H27N3O4S. The van der Waals surface area contributed by atoms with Crippen molar-refractivity contribution in [3.63, 3.8) is 0 Å². The van der Waals surface area contributed by atoms with Crippen molar-refractivity contribution in [2.75, 3.05) is 18.2 Å². The SMILES string of the molecule is COc1cc(C2C(C#N)=C(SCC(=O)c3ccc(C)cc3)NC(C)=C2C(=O)Nc2ccccc2)ccc1O. The summed E-state index contributed by atoms with van der Waals surface area (Å²) < 4.78 is 5.30. The number of nitrogens with one attached hydrogen (secondary N) is 2. The van der Waals surface area contributed by atoms with Crippen LogP contribution in [0.25, 0.3) is 0 Å². The fraction of sp³-hybridized carbons (Fsp3) is 0.167. The number of rotatable bonds is 8. The number of hydrogen-bond donors (Lipinski definition) is 3. The number of phenols is 1. The van der Waals surface area contributed by atoms with Gasteiger partial charge in [0.05, 0.1) is 35.5 Å². The second-order valence-electron chi connectivity index (χ2n) is 8.78. The number of Topliss-reactive ketones (excluding diaryl/α,β-unsaturated/α-hetero) is 1. The average molecular weight is 526 g/mol. The van der Waals surface area contributed by atoms with Crippen LogP contribution in [-0.2, 0) is 4.79 Å². The zero-order valence-electron chi connectivity index (χ0n) is 21.2. The van der Waals surface area contributed by atoms with Crippen molar-refractivity contribution < 1.29 is 19.4 Å². The van der Waals surface area contributed by atoms with Gasteiger partial charge in [-0.15, -0.1) is 0 Å². The number of ketones is 1. The third-order valence-electron chi connectivity index (χ3n) is 6.18. The molecule has 7 nitrogen and oxygen atoms in total. The van der Waals surface area contributed by atoms with Crippen LogP contribution in [0.3, 0.4) is 0 Å². The zero-order valence-corrected chi connectivity index (χ0v) is 22.1. The fourth-order valence-electron chi connectivity index (χ4n) is 4.21. The number of para-hydroxylation sites is 1. The molecule has 0 aliphatic carbocycles. The number of anilines is 1. The Labute approximate surface area is 225 Å². The molecule has 1 aliphatic rings. The lowest BCUT2D eigenvalue weighted by atomic mass is 9.82. The van der Waals surface area contributed by atoms with E-state index < -0.39 is 5.92 Å². The predicted octanol–water partition coefficient (Wildman–Crippen LogP) is 5.66. The van der Waals surface area contributed by atoms with E-state index in [4.69, 9.17) is 4.74 Å². The van der Waals surface area contributed by atoms with Crippen LogP contribution in [0.15, 0.2) is 94.7 Å². The number of dihydropyridines is 1. The molecule has 1 heterocycles. The van der Waals surface area contributed by atoms with Crippen molar-refractivity contribution in [1.82, 2.24) is 5.32 Å². The number of aromatic hydroxyl groups is 1. The van der Waals surface area contributed by atoms with Crippen LogP contribution in [0.5, 0.6) is 11.5 Å². The Morgan fingerprint density at radius 2 is 1.79 bits per heavy atom. The van der Waals surface area contributed by atoms with Gasteiger partial charge in [0.15, 0.2) is 17.3 Å². The number of benzene rings is 3. The molecule has 1 amide bonds. The Morgan fingerprint density at radius 3 is 2.45 bits per heavy atom. The molecule has 3 N–H and O–H groups in total. The zero-order chi connectivity index (χ0) is 27.2. The molecule has 0 spiro atoms. The predicted molar refractivity (Wildman–Crippen MR) is 149 cm³/mol. The Morgan fingerprint density at radius 1 is 1.08 bits per heavy atom. The topological polar surface area (TPSA) is 111 Å². The van der Waals surface area contributed by atoms with Gasteiger partial charge in [0.2, 0.25) is 0 Å². The van der Waals surface area contributed by atoms with E-state index in [-0.39, 0.29) is 28.9 Å². The van der Waals surface area contributed by atoms with Gasteiger partial charge in [0.1, 0.15) is 0 Å². The van der Waals surface area contributed by atoms with Crippen LogP contribution in [0.2, 0.25) is 0 Å². The number of phenolic OH excluding ortho intramolecular Hbond substituents is 1. The number of carbonyl (C=O) groups excluding carboxylic acids is 2. The first kappa shape index (κ1) is 26.6. The molecule has 0 aromatic heterocycles. The van der Waals surface area contributed by atoms with Gasteiger partial charge in [-0.2, -0.15) is 5.26 Å². The van der Waals surface area contributed by atoms with E-state index in [2.05, 4.69) is 16.7 Å². The summed E-state index contributed by atoms with van der Waals surface area (Å²) in [5.74, 6) is -0.911. The molecule has 0 bridgehead atoms. The molecule has 1 aliphatic heterocycles. The number of nitriles is 1. The van der Waals surface area contributed by atoms with E-state index in [1.54, 1.807) is 43.3 Å². The number of nitrogens with zero attached hydrogens (tertiary/aromatic N) is 1. The first-order valence-corrected chi connectivity index (χ1v) is 12.9. The summed E-state index contributed by atoms with van der Waals surface area (Å²) in [6.45, 7) is 3.72. The summed E-state index contributed by atoms with van der Waals surface area (Å²) in [7, 11) is 1.43. The van der Waals surface area contributed by atoms with Gasteiger partial charge in [-0.25, -0.2) is 0 Å². The number of ether oxygens (including phenoxy) is 1. The highest BCUT2D eigenvalue weighted by molar-refractivity contribution is 8.03.